The van der Waals surface area contributed by atoms with Crippen LogP contribution in [0.3, 0.4) is 0 Å². The van der Waals surface area contributed by atoms with Crippen molar-refractivity contribution in [3.63, 3.8) is 0 Å². The van der Waals surface area contributed by atoms with Gasteiger partial charge in [0.05, 0.1) is 13.2 Å². The van der Waals surface area contributed by atoms with Crippen LogP contribution in [0.4, 0.5) is 0 Å². The van der Waals surface area contributed by atoms with E-state index < -0.39 is 0 Å². The average Bonchev–Trinajstić information content (AvgIpc) is 2.06. The van der Waals surface area contributed by atoms with Crippen LogP contribution in [0.25, 0.3) is 0 Å². The second-order valence-corrected chi connectivity index (χ2v) is 5.58. The largest absolute Gasteiger partial charge is 0.375 e. The van der Waals surface area contributed by atoms with E-state index in [2.05, 4.69) is 12.6 Å². The molecule has 0 N–H and O–H groups in total. The van der Waals surface area contributed by atoms with Gasteiger partial charge in [0, 0.05) is 9.77 Å². The second-order valence-electron chi connectivity index (χ2n) is 3.93. The van der Waals surface area contributed by atoms with E-state index in [-0.39, 0.29) is 4.75 Å². The summed E-state index contributed by atoms with van der Waals surface area (Å²) in [6.07, 6.45) is 0. The van der Waals surface area contributed by atoms with Gasteiger partial charge in [0.1, 0.15) is 0 Å². The molecule has 0 radical (unpaired) electrons. The van der Waals surface area contributed by atoms with Crippen LogP contribution < -0.4 is 0 Å². The molecule has 0 saturated heterocycles. The van der Waals surface area contributed by atoms with Gasteiger partial charge in [0.2, 0.25) is 0 Å². The summed E-state index contributed by atoms with van der Waals surface area (Å²) in [5.74, 6) is 0. The number of ether oxygens (including phenoxy) is 1. The van der Waals surface area contributed by atoms with Crippen molar-refractivity contribution in [2.75, 3.05) is 6.61 Å². The van der Waals surface area contributed by atoms with Crippen LogP contribution >= 0.6 is 24.2 Å². The maximum Gasteiger partial charge on any atom is 0.0717 e. The Bertz CT molecular complexity index is 276. The Balaban J connectivity index is 2.35. The van der Waals surface area contributed by atoms with Gasteiger partial charge in [-0.2, -0.15) is 12.6 Å². The molecular weight excluding hydrogens is 216 g/mol. The number of benzene rings is 1. The third kappa shape index (κ3) is 4.89. The van der Waals surface area contributed by atoms with Crippen molar-refractivity contribution in [2.24, 2.45) is 0 Å². The summed E-state index contributed by atoms with van der Waals surface area (Å²) >= 11 is 10.1. The summed E-state index contributed by atoms with van der Waals surface area (Å²) in [5, 5.41) is 0.753. The predicted molar refractivity (Wildman–Crippen MR) is 64.2 cm³/mol. The fourth-order valence-corrected chi connectivity index (χ4v) is 1.22. The predicted octanol–water partition coefficient (Wildman–Crippen LogP) is 3.57. The van der Waals surface area contributed by atoms with Gasteiger partial charge in [-0.1, -0.05) is 23.7 Å². The summed E-state index contributed by atoms with van der Waals surface area (Å²) < 4.78 is 5.43. The van der Waals surface area contributed by atoms with E-state index in [0.29, 0.717) is 13.2 Å². The molecule has 1 aromatic rings. The van der Waals surface area contributed by atoms with Crippen LogP contribution in [0, 0.1) is 0 Å². The van der Waals surface area contributed by atoms with Crippen molar-refractivity contribution in [1.29, 1.82) is 0 Å². The molecule has 0 fully saturated rings. The fraction of sp³-hybridized carbons (Fsp3) is 0.455. The van der Waals surface area contributed by atoms with Gasteiger partial charge in [-0.05, 0) is 31.5 Å². The molecule has 0 saturated carbocycles. The summed E-state index contributed by atoms with van der Waals surface area (Å²) in [5.41, 5.74) is 1.13. The van der Waals surface area contributed by atoms with Gasteiger partial charge in [0.25, 0.3) is 0 Å². The third-order valence-corrected chi connectivity index (χ3v) is 2.02. The number of rotatable bonds is 4. The molecule has 0 aliphatic carbocycles. The summed E-state index contributed by atoms with van der Waals surface area (Å²) in [4.78, 5) is 0. The van der Waals surface area contributed by atoms with Crippen LogP contribution in [-0.2, 0) is 11.3 Å². The summed E-state index contributed by atoms with van der Waals surface area (Å²) in [6.45, 7) is 5.30. The van der Waals surface area contributed by atoms with Gasteiger partial charge < -0.3 is 4.74 Å². The molecule has 0 atom stereocenters. The Morgan fingerprint density at radius 2 is 1.86 bits per heavy atom. The zero-order valence-corrected chi connectivity index (χ0v) is 10.1. The van der Waals surface area contributed by atoms with E-state index in [4.69, 9.17) is 16.3 Å². The van der Waals surface area contributed by atoms with Crippen molar-refractivity contribution < 1.29 is 4.74 Å². The average molecular weight is 231 g/mol. The summed E-state index contributed by atoms with van der Waals surface area (Å²) in [6, 6.07) is 7.67. The number of hydrogen-bond acceptors (Lipinski definition) is 2. The molecule has 0 heterocycles. The lowest BCUT2D eigenvalue weighted by Gasteiger charge is -2.16. The highest BCUT2D eigenvalue weighted by Crippen LogP contribution is 2.14. The quantitative estimate of drug-likeness (QED) is 0.779. The third-order valence-electron chi connectivity index (χ3n) is 1.64. The number of thiol groups is 1. The van der Waals surface area contributed by atoms with Crippen molar-refractivity contribution in [3.8, 4) is 0 Å². The molecule has 0 aliphatic rings. The minimum Gasteiger partial charge on any atom is -0.375 e. The molecule has 1 aromatic carbocycles. The van der Waals surface area contributed by atoms with Crippen LogP contribution in [0.2, 0.25) is 5.02 Å². The van der Waals surface area contributed by atoms with Gasteiger partial charge in [0.15, 0.2) is 0 Å². The Labute approximate surface area is 95.8 Å². The Morgan fingerprint density at radius 3 is 2.36 bits per heavy atom. The van der Waals surface area contributed by atoms with Crippen molar-refractivity contribution in [2.45, 2.75) is 25.2 Å². The standard InChI is InChI=1S/C11H15ClOS/c1-11(2,14)8-13-7-9-3-5-10(12)6-4-9/h3-6,14H,7-8H2,1-2H3. The highest BCUT2D eigenvalue weighted by atomic mass is 35.5. The first-order valence-corrected chi connectivity index (χ1v) is 5.34. The molecule has 0 bridgehead atoms. The Kier molecular flexibility index (Phi) is 4.30. The normalized spacial score (nSPS) is 11.7. The molecule has 0 aromatic heterocycles. The zero-order valence-electron chi connectivity index (χ0n) is 8.46. The SMILES string of the molecule is CC(C)(S)COCc1ccc(Cl)cc1. The van der Waals surface area contributed by atoms with Crippen LogP contribution in [-0.4, -0.2) is 11.4 Å². The molecule has 1 nitrogen and oxygen atoms in total. The second kappa shape index (κ2) is 5.06. The minimum atomic E-state index is -0.0770. The first-order chi connectivity index (χ1) is 6.47. The maximum absolute atomic E-state index is 5.77. The maximum atomic E-state index is 5.77. The van der Waals surface area contributed by atoms with Crippen LogP contribution in [0.5, 0.6) is 0 Å². The molecule has 14 heavy (non-hydrogen) atoms. The molecule has 78 valence electrons. The zero-order chi connectivity index (χ0) is 10.6. The number of halogens is 1. The highest BCUT2D eigenvalue weighted by Gasteiger charge is 2.10. The van der Waals surface area contributed by atoms with E-state index in [1.165, 1.54) is 0 Å². The van der Waals surface area contributed by atoms with Gasteiger partial charge in [-0.25, -0.2) is 0 Å². The van der Waals surface area contributed by atoms with E-state index in [0.717, 1.165) is 10.6 Å². The molecule has 3 heteroatoms. The van der Waals surface area contributed by atoms with Crippen LogP contribution in [0.1, 0.15) is 19.4 Å². The highest BCUT2D eigenvalue weighted by molar-refractivity contribution is 7.81. The molecule has 0 amide bonds. The van der Waals surface area contributed by atoms with Crippen LogP contribution in [0.15, 0.2) is 24.3 Å². The lowest BCUT2D eigenvalue weighted by Crippen LogP contribution is -2.18. The molecule has 0 unspecified atom stereocenters. The Morgan fingerprint density at radius 1 is 1.29 bits per heavy atom. The van der Waals surface area contributed by atoms with Crippen molar-refractivity contribution >= 4 is 24.2 Å². The Hall–Kier alpha value is -0.180. The monoisotopic (exact) mass is 230 g/mol. The van der Waals surface area contributed by atoms with Gasteiger partial charge in [-0.3, -0.25) is 0 Å². The van der Waals surface area contributed by atoms with E-state index >= 15 is 0 Å². The van der Waals surface area contributed by atoms with Gasteiger partial charge >= 0.3 is 0 Å². The topological polar surface area (TPSA) is 9.23 Å². The van der Waals surface area contributed by atoms with E-state index in [9.17, 15) is 0 Å². The fourth-order valence-electron chi connectivity index (χ4n) is 0.999. The lowest BCUT2D eigenvalue weighted by molar-refractivity contribution is 0.107. The first-order valence-electron chi connectivity index (χ1n) is 4.52. The van der Waals surface area contributed by atoms with E-state index in [1.807, 2.05) is 38.1 Å². The van der Waals surface area contributed by atoms with Crippen molar-refractivity contribution in [1.82, 2.24) is 0 Å². The lowest BCUT2D eigenvalue weighted by atomic mass is 10.2. The van der Waals surface area contributed by atoms with E-state index in [1.54, 1.807) is 0 Å². The first kappa shape index (κ1) is 11.9. The summed E-state index contributed by atoms with van der Waals surface area (Å²) in [7, 11) is 0. The molecular formula is C11H15ClOS. The minimum absolute atomic E-state index is 0.0770. The smallest absolute Gasteiger partial charge is 0.0717 e. The van der Waals surface area contributed by atoms with Crippen molar-refractivity contribution in [3.05, 3.63) is 34.9 Å². The molecule has 0 aliphatic heterocycles. The number of hydrogen-bond donors (Lipinski definition) is 1. The molecule has 1 rings (SSSR count). The van der Waals surface area contributed by atoms with Gasteiger partial charge in [-0.15, -0.1) is 0 Å². The molecule has 0 spiro atoms.